The predicted molar refractivity (Wildman–Crippen MR) is 110 cm³/mol. The highest BCUT2D eigenvalue weighted by atomic mass is 35.5. The molecule has 28 heavy (non-hydrogen) atoms. The summed E-state index contributed by atoms with van der Waals surface area (Å²) in [7, 11) is -2.49. The second-order valence-electron chi connectivity index (χ2n) is 5.95. The van der Waals surface area contributed by atoms with E-state index >= 15 is 0 Å². The van der Waals surface area contributed by atoms with Gasteiger partial charge < -0.3 is 10.4 Å². The van der Waals surface area contributed by atoms with Gasteiger partial charge in [-0.2, -0.15) is 0 Å². The van der Waals surface area contributed by atoms with Gasteiger partial charge in [-0.1, -0.05) is 35.9 Å². The first-order valence-electron chi connectivity index (χ1n) is 8.23. The number of rotatable bonds is 5. The molecule has 0 atom stereocenters. The maximum atomic E-state index is 12.9. The van der Waals surface area contributed by atoms with Crippen LogP contribution in [0.4, 0.5) is 11.4 Å². The number of carbonyl (C=O) groups is 1. The molecule has 0 aliphatic heterocycles. The van der Waals surface area contributed by atoms with E-state index in [1.165, 1.54) is 43.4 Å². The first-order chi connectivity index (χ1) is 13.3. The number of benzene rings is 3. The average molecular weight is 417 g/mol. The molecule has 0 radical (unpaired) electrons. The Bertz CT molecular complexity index is 1130. The van der Waals surface area contributed by atoms with Crippen molar-refractivity contribution in [2.75, 3.05) is 16.7 Å². The number of phenolic OH excluding ortho intramolecular Hbond substituents is 1. The van der Waals surface area contributed by atoms with Crippen LogP contribution < -0.4 is 9.62 Å². The maximum absolute atomic E-state index is 12.9. The van der Waals surface area contributed by atoms with Crippen LogP contribution in [-0.4, -0.2) is 26.5 Å². The fourth-order valence-corrected chi connectivity index (χ4v) is 3.96. The standard InChI is InChI=1S/C20H17ClN2O4S/c1-23(16-8-5-7-15(21)13-16)28(26,27)17-9-4-6-14(12-17)20(25)22-18-10-2-3-11-19(18)24/h2-13,24H,1H3,(H,22,25). The van der Waals surface area contributed by atoms with E-state index in [4.69, 9.17) is 11.6 Å². The van der Waals surface area contributed by atoms with Gasteiger partial charge in [0.25, 0.3) is 15.9 Å². The lowest BCUT2D eigenvalue weighted by molar-refractivity contribution is 0.102. The molecular weight excluding hydrogens is 400 g/mol. The number of para-hydroxylation sites is 2. The summed E-state index contributed by atoms with van der Waals surface area (Å²) in [5, 5.41) is 12.8. The van der Waals surface area contributed by atoms with Gasteiger partial charge >= 0.3 is 0 Å². The molecule has 0 aromatic heterocycles. The Balaban J connectivity index is 1.89. The molecule has 0 aliphatic carbocycles. The monoisotopic (exact) mass is 416 g/mol. The Hall–Kier alpha value is -3.03. The first-order valence-corrected chi connectivity index (χ1v) is 10.0. The Morgan fingerprint density at radius 3 is 2.43 bits per heavy atom. The maximum Gasteiger partial charge on any atom is 0.264 e. The number of sulfonamides is 1. The average Bonchev–Trinajstić information content (AvgIpc) is 2.69. The van der Waals surface area contributed by atoms with Crippen molar-refractivity contribution >= 4 is 38.9 Å². The Kier molecular flexibility index (Phi) is 5.58. The lowest BCUT2D eigenvalue weighted by Crippen LogP contribution is -2.26. The van der Waals surface area contributed by atoms with E-state index in [2.05, 4.69) is 5.32 Å². The molecule has 3 rings (SSSR count). The summed E-state index contributed by atoms with van der Waals surface area (Å²) >= 11 is 5.95. The molecule has 0 spiro atoms. The second-order valence-corrected chi connectivity index (χ2v) is 8.36. The van der Waals surface area contributed by atoms with Crippen LogP contribution in [0, 0.1) is 0 Å². The molecule has 1 amide bonds. The minimum Gasteiger partial charge on any atom is -0.506 e. The minimum absolute atomic E-state index is 0.0418. The predicted octanol–water partition coefficient (Wildman–Crippen LogP) is 4.12. The van der Waals surface area contributed by atoms with Crippen LogP contribution in [-0.2, 0) is 10.0 Å². The number of halogens is 1. The summed E-state index contributed by atoms with van der Waals surface area (Å²) in [5.41, 5.74) is 0.775. The molecule has 0 heterocycles. The van der Waals surface area contributed by atoms with Crippen molar-refractivity contribution in [1.29, 1.82) is 0 Å². The van der Waals surface area contributed by atoms with E-state index in [0.29, 0.717) is 10.7 Å². The molecule has 0 saturated heterocycles. The number of carbonyl (C=O) groups excluding carboxylic acids is 1. The molecule has 0 bridgehead atoms. The number of amides is 1. The fraction of sp³-hybridized carbons (Fsp3) is 0.0500. The van der Waals surface area contributed by atoms with Gasteiger partial charge in [-0.25, -0.2) is 8.42 Å². The third-order valence-corrected chi connectivity index (χ3v) is 6.10. The highest BCUT2D eigenvalue weighted by Crippen LogP contribution is 2.26. The fourth-order valence-electron chi connectivity index (χ4n) is 2.54. The van der Waals surface area contributed by atoms with Gasteiger partial charge in [0.15, 0.2) is 0 Å². The van der Waals surface area contributed by atoms with Crippen LogP contribution in [0.1, 0.15) is 10.4 Å². The van der Waals surface area contributed by atoms with E-state index in [0.717, 1.165) is 4.31 Å². The highest BCUT2D eigenvalue weighted by Gasteiger charge is 2.23. The van der Waals surface area contributed by atoms with E-state index < -0.39 is 15.9 Å². The molecule has 3 aromatic carbocycles. The molecule has 0 unspecified atom stereocenters. The van der Waals surface area contributed by atoms with E-state index in [-0.39, 0.29) is 21.9 Å². The second kappa shape index (κ2) is 7.92. The van der Waals surface area contributed by atoms with Crippen molar-refractivity contribution in [3.05, 3.63) is 83.4 Å². The number of hydrogen-bond donors (Lipinski definition) is 2. The van der Waals surface area contributed by atoms with Crippen molar-refractivity contribution in [3.63, 3.8) is 0 Å². The minimum atomic E-state index is -3.90. The number of nitrogens with zero attached hydrogens (tertiary/aromatic N) is 1. The van der Waals surface area contributed by atoms with Gasteiger partial charge in [0.05, 0.1) is 16.3 Å². The van der Waals surface area contributed by atoms with Crippen LogP contribution in [0.2, 0.25) is 5.02 Å². The molecule has 0 aliphatic rings. The summed E-state index contributed by atoms with van der Waals surface area (Å²) in [4.78, 5) is 12.4. The normalized spacial score (nSPS) is 11.1. The van der Waals surface area contributed by atoms with E-state index in [9.17, 15) is 18.3 Å². The van der Waals surface area contributed by atoms with Crippen molar-refractivity contribution < 1.29 is 18.3 Å². The topological polar surface area (TPSA) is 86.7 Å². The third kappa shape index (κ3) is 4.11. The van der Waals surface area contributed by atoms with Gasteiger partial charge in [-0.3, -0.25) is 9.10 Å². The number of anilines is 2. The molecule has 144 valence electrons. The lowest BCUT2D eigenvalue weighted by Gasteiger charge is -2.20. The van der Waals surface area contributed by atoms with Gasteiger partial charge in [0.1, 0.15) is 5.75 Å². The van der Waals surface area contributed by atoms with Crippen molar-refractivity contribution in [2.24, 2.45) is 0 Å². The van der Waals surface area contributed by atoms with E-state index in [1.54, 1.807) is 36.4 Å². The van der Waals surface area contributed by atoms with Gasteiger partial charge in [0, 0.05) is 17.6 Å². The summed E-state index contributed by atoms with van der Waals surface area (Å²) in [6.45, 7) is 0. The zero-order valence-corrected chi connectivity index (χ0v) is 16.4. The molecule has 6 nitrogen and oxygen atoms in total. The zero-order chi connectivity index (χ0) is 20.3. The van der Waals surface area contributed by atoms with Gasteiger partial charge in [-0.15, -0.1) is 0 Å². The Morgan fingerprint density at radius 2 is 1.71 bits per heavy atom. The number of phenols is 1. The molecule has 0 saturated carbocycles. The summed E-state index contributed by atoms with van der Waals surface area (Å²) < 4.78 is 27.0. The van der Waals surface area contributed by atoms with Crippen LogP contribution in [0.15, 0.2) is 77.7 Å². The highest BCUT2D eigenvalue weighted by molar-refractivity contribution is 7.92. The SMILES string of the molecule is CN(c1cccc(Cl)c1)S(=O)(=O)c1cccc(C(=O)Nc2ccccc2O)c1. The Labute approximate surface area is 168 Å². The van der Waals surface area contributed by atoms with E-state index in [1.807, 2.05) is 0 Å². The molecule has 3 aromatic rings. The Morgan fingerprint density at radius 1 is 1.00 bits per heavy atom. The van der Waals surface area contributed by atoms with Crippen LogP contribution in [0.5, 0.6) is 5.75 Å². The van der Waals surface area contributed by atoms with Crippen LogP contribution in [0.25, 0.3) is 0 Å². The number of nitrogens with one attached hydrogen (secondary N) is 1. The van der Waals surface area contributed by atoms with Crippen molar-refractivity contribution in [2.45, 2.75) is 4.90 Å². The zero-order valence-electron chi connectivity index (χ0n) is 14.8. The number of hydrogen-bond acceptors (Lipinski definition) is 4. The number of aromatic hydroxyl groups is 1. The largest absolute Gasteiger partial charge is 0.506 e. The smallest absolute Gasteiger partial charge is 0.264 e. The quantitative estimate of drug-likeness (QED) is 0.612. The first kappa shape index (κ1) is 19.7. The van der Waals surface area contributed by atoms with Gasteiger partial charge in [-0.05, 0) is 48.5 Å². The summed E-state index contributed by atoms with van der Waals surface area (Å²) in [6, 6.07) is 18.4. The van der Waals surface area contributed by atoms with Crippen molar-refractivity contribution in [1.82, 2.24) is 0 Å². The summed E-state index contributed by atoms with van der Waals surface area (Å²) in [6.07, 6.45) is 0. The molecular formula is C20H17ClN2O4S. The van der Waals surface area contributed by atoms with Crippen LogP contribution >= 0.6 is 11.6 Å². The molecule has 0 fully saturated rings. The van der Waals surface area contributed by atoms with Crippen molar-refractivity contribution in [3.8, 4) is 5.75 Å². The lowest BCUT2D eigenvalue weighted by atomic mass is 10.2. The van der Waals surface area contributed by atoms with Crippen LogP contribution in [0.3, 0.4) is 0 Å². The third-order valence-electron chi connectivity index (χ3n) is 4.08. The molecule has 2 N–H and O–H groups in total. The summed E-state index contributed by atoms with van der Waals surface area (Å²) in [5.74, 6) is -0.621. The van der Waals surface area contributed by atoms with Gasteiger partial charge in [0.2, 0.25) is 0 Å². The molecule has 8 heteroatoms.